The monoisotopic (exact) mass is 241 g/mol. The summed E-state index contributed by atoms with van der Waals surface area (Å²) in [5, 5.41) is 1.65. The lowest BCUT2D eigenvalue weighted by atomic mass is 10.2. The zero-order chi connectivity index (χ0) is 12.5. The molecule has 92 valence electrons. The third-order valence-electron chi connectivity index (χ3n) is 3.24. The van der Waals surface area contributed by atoms with Crippen molar-refractivity contribution in [2.75, 3.05) is 0 Å². The van der Waals surface area contributed by atoms with Crippen molar-refractivity contribution < 1.29 is 0 Å². The predicted octanol–water partition coefficient (Wildman–Crippen LogP) is 2.68. The smallest absolute Gasteiger partial charge is 0.263 e. The Balaban J connectivity index is 2.29. The minimum atomic E-state index is 0.0471. The van der Waals surface area contributed by atoms with Gasteiger partial charge in [-0.25, -0.2) is 4.98 Å². The zero-order valence-corrected chi connectivity index (χ0v) is 10.3. The molecule has 0 unspecified atom stereocenters. The van der Waals surface area contributed by atoms with Crippen molar-refractivity contribution in [2.24, 2.45) is 0 Å². The van der Waals surface area contributed by atoms with Crippen molar-refractivity contribution in [1.82, 2.24) is 14.5 Å². The van der Waals surface area contributed by atoms with Crippen LogP contribution in [0.15, 0.2) is 35.4 Å². The van der Waals surface area contributed by atoms with E-state index in [0.717, 1.165) is 30.3 Å². The standard InChI is InChI=1S/C14H15N3O/c1-2-3-8-17-9-15-13-12(14(17)18)10-6-4-5-7-11(10)16-13/h4-7,9,16H,2-3,8H2,1H3. The van der Waals surface area contributed by atoms with Crippen molar-refractivity contribution in [3.63, 3.8) is 0 Å². The number of nitrogens with one attached hydrogen (secondary N) is 1. The van der Waals surface area contributed by atoms with Crippen LogP contribution in [-0.4, -0.2) is 14.5 Å². The number of nitrogens with zero attached hydrogens (tertiary/aromatic N) is 2. The highest BCUT2D eigenvalue weighted by atomic mass is 16.1. The van der Waals surface area contributed by atoms with E-state index in [4.69, 9.17) is 0 Å². The molecule has 2 heterocycles. The summed E-state index contributed by atoms with van der Waals surface area (Å²) < 4.78 is 1.70. The number of rotatable bonds is 3. The molecule has 0 amide bonds. The maximum atomic E-state index is 12.4. The van der Waals surface area contributed by atoms with E-state index in [1.165, 1.54) is 0 Å². The zero-order valence-electron chi connectivity index (χ0n) is 10.3. The third kappa shape index (κ3) is 1.61. The fourth-order valence-electron chi connectivity index (χ4n) is 2.25. The van der Waals surface area contributed by atoms with Crippen molar-refractivity contribution >= 4 is 21.9 Å². The highest BCUT2D eigenvalue weighted by Gasteiger charge is 2.10. The first-order valence-electron chi connectivity index (χ1n) is 6.27. The molecule has 0 bridgehead atoms. The van der Waals surface area contributed by atoms with Crippen molar-refractivity contribution in [2.45, 2.75) is 26.3 Å². The fraction of sp³-hybridized carbons (Fsp3) is 0.286. The highest BCUT2D eigenvalue weighted by molar-refractivity contribution is 6.05. The number of fused-ring (bicyclic) bond motifs is 3. The van der Waals surface area contributed by atoms with Gasteiger partial charge >= 0.3 is 0 Å². The lowest BCUT2D eigenvalue weighted by molar-refractivity contribution is 0.608. The van der Waals surface area contributed by atoms with Gasteiger partial charge in [-0.15, -0.1) is 0 Å². The SMILES string of the molecule is CCCCn1cnc2[nH]c3ccccc3c2c1=O. The average molecular weight is 241 g/mol. The van der Waals surface area contributed by atoms with Gasteiger partial charge in [0.1, 0.15) is 5.65 Å². The maximum absolute atomic E-state index is 12.4. The number of hydrogen-bond donors (Lipinski definition) is 1. The van der Waals surface area contributed by atoms with Gasteiger partial charge in [0, 0.05) is 17.4 Å². The first-order chi connectivity index (χ1) is 8.81. The van der Waals surface area contributed by atoms with E-state index in [1.807, 2.05) is 24.3 Å². The molecule has 18 heavy (non-hydrogen) atoms. The van der Waals surface area contributed by atoms with Crippen LogP contribution >= 0.6 is 0 Å². The number of aromatic amines is 1. The van der Waals surface area contributed by atoms with E-state index < -0.39 is 0 Å². The van der Waals surface area contributed by atoms with Crippen LogP contribution < -0.4 is 5.56 Å². The summed E-state index contributed by atoms with van der Waals surface area (Å²) in [6, 6.07) is 7.82. The number of aryl methyl sites for hydroxylation is 1. The van der Waals surface area contributed by atoms with Crippen LogP contribution in [0.4, 0.5) is 0 Å². The Hall–Kier alpha value is -2.10. The molecule has 1 N–H and O–H groups in total. The summed E-state index contributed by atoms with van der Waals surface area (Å²) in [5.74, 6) is 0. The van der Waals surface area contributed by atoms with E-state index in [0.29, 0.717) is 11.0 Å². The number of unbranched alkanes of at least 4 members (excludes halogenated alkanes) is 1. The summed E-state index contributed by atoms with van der Waals surface area (Å²) >= 11 is 0. The molecule has 0 radical (unpaired) electrons. The quantitative estimate of drug-likeness (QED) is 0.766. The lowest BCUT2D eigenvalue weighted by Gasteiger charge is -2.03. The van der Waals surface area contributed by atoms with Crippen LogP contribution in [0.3, 0.4) is 0 Å². The predicted molar refractivity (Wildman–Crippen MR) is 72.8 cm³/mol. The largest absolute Gasteiger partial charge is 0.339 e. The Morgan fingerprint density at radius 3 is 3.00 bits per heavy atom. The molecule has 0 aliphatic carbocycles. The highest BCUT2D eigenvalue weighted by Crippen LogP contribution is 2.20. The second-order valence-electron chi connectivity index (χ2n) is 4.49. The number of H-pyrrole nitrogens is 1. The average Bonchev–Trinajstić information content (AvgIpc) is 2.77. The summed E-state index contributed by atoms with van der Waals surface area (Å²) in [4.78, 5) is 19.9. The second kappa shape index (κ2) is 4.29. The van der Waals surface area contributed by atoms with E-state index >= 15 is 0 Å². The topological polar surface area (TPSA) is 50.7 Å². The molecular formula is C14H15N3O. The number of para-hydroxylation sites is 1. The van der Waals surface area contributed by atoms with Crippen molar-refractivity contribution in [3.05, 3.63) is 40.9 Å². The molecule has 0 aliphatic rings. The molecule has 0 spiro atoms. The van der Waals surface area contributed by atoms with Gasteiger partial charge in [-0.2, -0.15) is 0 Å². The van der Waals surface area contributed by atoms with Crippen LogP contribution in [0.2, 0.25) is 0 Å². The minimum Gasteiger partial charge on any atom is -0.339 e. The van der Waals surface area contributed by atoms with Crippen LogP contribution in [0, 0.1) is 0 Å². The van der Waals surface area contributed by atoms with E-state index in [9.17, 15) is 4.79 Å². The molecule has 0 atom stereocenters. The Morgan fingerprint density at radius 2 is 2.17 bits per heavy atom. The van der Waals surface area contributed by atoms with Crippen LogP contribution in [0.5, 0.6) is 0 Å². The molecule has 3 aromatic rings. The van der Waals surface area contributed by atoms with E-state index in [1.54, 1.807) is 10.9 Å². The molecule has 4 nitrogen and oxygen atoms in total. The summed E-state index contributed by atoms with van der Waals surface area (Å²) in [5.41, 5.74) is 1.69. The van der Waals surface area contributed by atoms with Crippen LogP contribution in [0.25, 0.3) is 21.9 Å². The van der Waals surface area contributed by atoms with Gasteiger partial charge < -0.3 is 4.98 Å². The third-order valence-corrected chi connectivity index (χ3v) is 3.24. The second-order valence-corrected chi connectivity index (χ2v) is 4.49. The minimum absolute atomic E-state index is 0.0471. The lowest BCUT2D eigenvalue weighted by Crippen LogP contribution is -2.20. The van der Waals surface area contributed by atoms with E-state index in [2.05, 4.69) is 16.9 Å². The van der Waals surface area contributed by atoms with Gasteiger partial charge in [-0.3, -0.25) is 9.36 Å². The van der Waals surface area contributed by atoms with E-state index in [-0.39, 0.29) is 5.56 Å². The Kier molecular flexibility index (Phi) is 2.63. The summed E-state index contributed by atoms with van der Waals surface area (Å²) in [7, 11) is 0. The van der Waals surface area contributed by atoms with Gasteiger partial charge in [-0.05, 0) is 12.5 Å². The molecule has 0 aliphatic heterocycles. The van der Waals surface area contributed by atoms with Crippen LogP contribution in [0.1, 0.15) is 19.8 Å². The Labute approximate surface area is 104 Å². The number of benzene rings is 1. The molecule has 0 saturated heterocycles. The van der Waals surface area contributed by atoms with Gasteiger partial charge in [0.2, 0.25) is 0 Å². The molecule has 2 aromatic heterocycles. The molecular weight excluding hydrogens is 226 g/mol. The van der Waals surface area contributed by atoms with Gasteiger partial charge in [0.25, 0.3) is 5.56 Å². The molecule has 1 aromatic carbocycles. The number of aromatic nitrogens is 3. The van der Waals surface area contributed by atoms with Crippen LogP contribution in [-0.2, 0) is 6.54 Å². The molecule has 4 heteroatoms. The van der Waals surface area contributed by atoms with Gasteiger partial charge in [0.15, 0.2) is 0 Å². The van der Waals surface area contributed by atoms with Gasteiger partial charge in [0.05, 0.1) is 11.7 Å². The normalized spacial score (nSPS) is 11.4. The molecule has 0 saturated carbocycles. The first-order valence-corrected chi connectivity index (χ1v) is 6.27. The molecule has 3 rings (SSSR count). The molecule has 0 fully saturated rings. The Morgan fingerprint density at radius 1 is 1.33 bits per heavy atom. The fourth-order valence-corrected chi connectivity index (χ4v) is 2.25. The van der Waals surface area contributed by atoms with Crippen molar-refractivity contribution in [1.29, 1.82) is 0 Å². The summed E-state index contributed by atoms with van der Waals surface area (Å²) in [6.45, 7) is 2.85. The number of hydrogen-bond acceptors (Lipinski definition) is 2. The van der Waals surface area contributed by atoms with Crippen molar-refractivity contribution in [3.8, 4) is 0 Å². The van der Waals surface area contributed by atoms with Gasteiger partial charge in [-0.1, -0.05) is 31.5 Å². The Bertz CT molecular complexity index is 754. The summed E-state index contributed by atoms with van der Waals surface area (Å²) in [6.07, 6.45) is 3.70. The maximum Gasteiger partial charge on any atom is 0.263 e. The first kappa shape index (κ1) is 11.0.